The summed E-state index contributed by atoms with van der Waals surface area (Å²) in [5.74, 6) is -0.120. The zero-order valence-corrected chi connectivity index (χ0v) is 39.9. The van der Waals surface area contributed by atoms with Crippen molar-refractivity contribution in [2.75, 3.05) is 37.8 Å². The lowest BCUT2D eigenvalue weighted by Gasteiger charge is -2.47. The third-order valence-electron chi connectivity index (χ3n) is 12.4. The van der Waals surface area contributed by atoms with E-state index in [0.29, 0.717) is 41.9 Å². The highest BCUT2D eigenvalue weighted by molar-refractivity contribution is 8.14. The number of benzene rings is 1. The number of carbonyl (C=O) groups excluding carboxylic acids is 5. The Labute approximate surface area is 380 Å². The van der Waals surface area contributed by atoms with Crippen molar-refractivity contribution in [3.8, 4) is 0 Å². The highest BCUT2D eigenvalue weighted by Gasteiger charge is 2.55. The Kier molecular flexibility index (Phi) is 14.4. The minimum atomic E-state index is -5.25. The molecule has 0 radical (unpaired) electrons. The number of fused-ring (bicyclic) bond motifs is 3. The number of halogens is 2. The molecule has 5 heterocycles. The first-order valence-corrected chi connectivity index (χ1v) is 26.0. The molecule has 3 aliphatic heterocycles. The van der Waals surface area contributed by atoms with Crippen LogP contribution in [0.15, 0.2) is 48.7 Å². The largest absolute Gasteiger partial charge is 0.404 e. The number of hydrogen-bond donors (Lipinski definition) is 1. The van der Waals surface area contributed by atoms with E-state index in [9.17, 15) is 28.5 Å². The average Bonchev–Trinajstić information content (AvgIpc) is 3.84. The summed E-state index contributed by atoms with van der Waals surface area (Å²) in [5.41, 5.74) is -5.23. The second kappa shape index (κ2) is 18.9. The lowest BCUT2D eigenvalue weighted by molar-refractivity contribution is -0.151. The van der Waals surface area contributed by atoms with Gasteiger partial charge in [-0.25, -0.2) is 0 Å². The molecule has 18 heteroatoms. The standard InChI is InChI=1S/C45H57F2N4O8PS3/c1-43(2,3)41(55)61-19-17-58-60(57,59-18-20-62-42(56)44(4,5)6)45(46,47)31-12-15-36-29(21-31)24-37(63-36)38(52)49-34-23-28-11-10-27(28)22-32-13-14-35(51(32)39(34)53)40(54)50-25-30(26-50)33-9-7-8-16-48-33/h7-9,12,15-16,21,24,27-28,30,32,34-35H,10-11,13-14,17-20,22-23,25-26H2,1-6H3,(H,49,52)/t27-,28+,32+,34-,35-/m0/s1. The van der Waals surface area contributed by atoms with E-state index in [2.05, 4.69) is 10.3 Å². The van der Waals surface area contributed by atoms with Crippen molar-refractivity contribution < 1.29 is 46.4 Å². The maximum atomic E-state index is 16.5. The zero-order chi connectivity index (χ0) is 45.5. The highest BCUT2D eigenvalue weighted by Crippen LogP contribution is 2.67. The Morgan fingerprint density at radius 2 is 1.51 bits per heavy atom. The average molecular weight is 947 g/mol. The molecule has 5 atom stereocenters. The van der Waals surface area contributed by atoms with Gasteiger partial charge in [-0.15, -0.1) is 11.3 Å². The van der Waals surface area contributed by atoms with Crippen LogP contribution in [0.3, 0.4) is 0 Å². The second-order valence-electron chi connectivity index (χ2n) is 19.1. The van der Waals surface area contributed by atoms with Gasteiger partial charge in [0.2, 0.25) is 11.8 Å². The van der Waals surface area contributed by atoms with Crippen molar-refractivity contribution in [1.82, 2.24) is 20.1 Å². The molecular formula is C45H57F2N4O8PS3. The molecule has 3 amide bonds. The summed E-state index contributed by atoms with van der Waals surface area (Å²) in [6, 6.07) is 9.34. The van der Waals surface area contributed by atoms with Crippen molar-refractivity contribution in [2.45, 2.75) is 110 Å². The molecule has 63 heavy (non-hydrogen) atoms. The minimum absolute atomic E-state index is 0.0371. The molecule has 0 bridgehead atoms. The van der Waals surface area contributed by atoms with Crippen LogP contribution in [0.1, 0.15) is 107 Å². The summed E-state index contributed by atoms with van der Waals surface area (Å²) in [5, 5.41) is 2.90. The normalized spacial score (nSPS) is 23.3. The van der Waals surface area contributed by atoms with E-state index in [1.54, 1.807) is 57.5 Å². The van der Waals surface area contributed by atoms with Gasteiger partial charge in [0.1, 0.15) is 12.1 Å². The van der Waals surface area contributed by atoms with Crippen LogP contribution in [0.5, 0.6) is 0 Å². The van der Waals surface area contributed by atoms with Crippen molar-refractivity contribution in [1.29, 1.82) is 0 Å². The van der Waals surface area contributed by atoms with Crippen molar-refractivity contribution in [2.24, 2.45) is 22.7 Å². The van der Waals surface area contributed by atoms with Gasteiger partial charge in [-0.1, -0.05) is 77.2 Å². The maximum absolute atomic E-state index is 16.5. The Morgan fingerprint density at radius 3 is 2.10 bits per heavy atom. The quantitative estimate of drug-likeness (QED) is 0.122. The van der Waals surface area contributed by atoms with Crippen LogP contribution in [0.25, 0.3) is 10.1 Å². The lowest BCUT2D eigenvalue weighted by atomic mass is 9.67. The van der Waals surface area contributed by atoms with Crippen molar-refractivity contribution in [3.63, 3.8) is 0 Å². The number of thiophene rings is 1. The van der Waals surface area contributed by atoms with Gasteiger partial charge in [0, 0.05) is 69.5 Å². The first kappa shape index (κ1) is 47.7. The van der Waals surface area contributed by atoms with E-state index in [4.69, 9.17) is 9.05 Å². The molecule has 7 rings (SSSR count). The molecular weight excluding hydrogens is 890 g/mol. The van der Waals surface area contributed by atoms with E-state index in [1.165, 1.54) is 12.1 Å². The molecule has 1 saturated carbocycles. The Hall–Kier alpha value is -3.21. The van der Waals surface area contributed by atoms with E-state index in [1.807, 2.05) is 18.2 Å². The molecule has 3 saturated heterocycles. The Balaban J connectivity index is 1.05. The fourth-order valence-electron chi connectivity index (χ4n) is 8.62. The van der Waals surface area contributed by atoms with Crippen LogP contribution >= 0.6 is 42.5 Å². The Bertz CT molecular complexity index is 2220. The van der Waals surface area contributed by atoms with Gasteiger partial charge in [-0.2, -0.15) is 8.78 Å². The van der Waals surface area contributed by atoms with E-state index in [0.717, 1.165) is 78.4 Å². The fraction of sp³-hybridized carbons (Fsp3) is 0.600. The molecule has 342 valence electrons. The van der Waals surface area contributed by atoms with E-state index >= 15 is 8.78 Å². The number of pyridine rings is 1. The number of hydrogen-bond acceptors (Lipinski definition) is 12. The smallest absolute Gasteiger partial charge is 0.340 e. The van der Waals surface area contributed by atoms with Crippen molar-refractivity contribution >= 4 is 80.5 Å². The molecule has 0 spiro atoms. The number of alkyl halides is 2. The van der Waals surface area contributed by atoms with Crippen LogP contribution in [-0.2, 0) is 38.5 Å². The molecule has 4 fully saturated rings. The number of rotatable bonds is 14. The monoisotopic (exact) mass is 946 g/mol. The molecule has 4 aliphatic rings. The first-order chi connectivity index (χ1) is 29.7. The summed E-state index contributed by atoms with van der Waals surface area (Å²) < 4.78 is 58.4. The third kappa shape index (κ3) is 10.4. The van der Waals surface area contributed by atoms with Gasteiger partial charge in [-0.05, 0) is 86.1 Å². The van der Waals surface area contributed by atoms with E-state index < -0.39 is 60.9 Å². The number of nitrogens with one attached hydrogen (secondary N) is 1. The fourth-order valence-corrected chi connectivity index (χ4v) is 12.9. The van der Waals surface area contributed by atoms with Gasteiger partial charge in [0.15, 0.2) is 10.2 Å². The second-order valence-corrected chi connectivity index (χ2v) is 24.4. The van der Waals surface area contributed by atoms with Crippen LogP contribution in [0.4, 0.5) is 8.78 Å². The number of nitrogens with zero attached hydrogens (tertiary/aromatic N) is 3. The number of amides is 3. The lowest BCUT2D eigenvalue weighted by Crippen LogP contribution is -2.61. The van der Waals surface area contributed by atoms with Gasteiger partial charge < -0.3 is 24.2 Å². The summed E-state index contributed by atoms with van der Waals surface area (Å²) in [6.07, 6.45) is 6.33. The number of thioether (sulfide) groups is 2. The first-order valence-electron chi connectivity index (χ1n) is 21.6. The molecule has 1 N–H and O–H groups in total. The summed E-state index contributed by atoms with van der Waals surface area (Å²) >= 11 is 2.85. The molecule has 1 aromatic carbocycles. The van der Waals surface area contributed by atoms with E-state index in [-0.39, 0.29) is 56.3 Å². The third-order valence-corrected chi connectivity index (χ3v) is 18.0. The number of carbonyl (C=O) groups is 5. The van der Waals surface area contributed by atoms with Gasteiger partial charge >= 0.3 is 13.3 Å². The summed E-state index contributed by atoms with van der Waals surface area (Å²) in [4.78, 5) is 75.5. The summed E-state index contributed by atoms with van der Waals surface area (Å²) in [6.45, 7) is 10.5. The molecule has 1 aliphatic carbocycles. The topological polar surface area (TPSA) is 152 Å². The molecule has 3 aromatic rings. The van der Waals surface area contributed by atoms with Crippen molar-refractivity contribution in [3.05, 3.63) is 64.8 Å². The van der Waals surface area contributed by atoms with Gasteiger partial charge in [-0.3, -0.25) is 33.5 Å². The molecule has 2 aromatic heterocycles. The van der Waals surface area contributed by atoms with Crippen LogP contribution in [0, 0.1) is 22.7 Å². The van der Waals surface area contributed by atoms with Gasteiger partial charge in [0.25, 0.3) is 5.91 Å². The Morgan fingerprint density at radius 1 is 0.873 bits per heavy atom. The zero-order valence-electron chi connectivity index (χ0n) is 36.6. The predicted molar refractivity (Wildman–Crippen MR) is 243 cm³/mol. The SMILES string of the molecule is CC(C)(C)C(=O)SCCOP(=O)(OCCSC(=O)C(C)(C)C)C(F)(F)c1ccc2sc(C(=O)N[C@H]3C[C@H]4CC[C@H]4C[C@H]4CC[C@@H](C(=O)N5CC(c6ccccn6)C5)N4C3=O)cc2c1. The maximum Gasteiger partial charge on any atom is 0.404 e. The van der Waals surface area contributed by atoms with Crippen LogP contribution in [-0.4, -0.2) is 98.7 Å². The minimum Gasteiger partial charge on any atom is -0.340 e. The van der Waals surface area contributed by atoms with Gasteiger partial charge in [0.05, 0.1) is 18.1 Å². The number of aromatic nitrogens is 1. The molecule has 12 nitrogen and oxygen atoms in total. The van der Waals surface area contributed by atoms with Crippen LogP contribution in [0.2, 0.25) is 0 Å². The van der Waals surface area contributed by atoms with Crippen LogP contribution < -0.4 is 5.32 Å². The molecule has 0 unspecified atom stereocenters. The highest BCUT2D eigenvalue weighted by atomic mass is 32.2. The predicted octanol–water partition coefficient (Wildman–Crippen LogP) is 9.09. The number of likely N-dealkylation sites (tertiary alicyclic amines) is 1. The summed E-state index contributed by atoms with van der Waals surface area (Å²) in [7, 11) is -5.25.